The lowest BCUT2D eigenvalue weighted by atomic mass is 9.86. The van der Waals surface area contributed by atoms with Crippen molar-refractivity contribution < 1.29 is 4.79 Å². The van der Waals surface area contributed by atoms with Gasteiger partial charge in [-0.15, -0.1) is 0 Å². The Labute approximate surface area is 155 Å². The molecule has 2 aliphatic heterocycles. The highest BCUT2D eigenvalue weighted by Crippen LogP contribution is 2.30. The van der Waals surface area contributed by atoms with Crippen LogP contribution in [0.25, 0.3) is 0 Å². The molecule has 2 heterocycles. The van der Waals surface area contributed by atoms with E-state index in [0.29, 0.717) is 23.8 Å². The van der Waals surface area contributed by atoms with Crippen LogP contribution in [-0.4, -0.2) is 49.6 Å². The lowest BCUT2D eigenvalue weighted by Gasteiger charge is -2.36. The predicted molar refractivity (Wildman–Crippen MR) is 104 cm³/mol. The molecule has 26 heavy (non-hydrogen) atoms. The molecule has 140 valence electrons. The zero-order chi connectivity index (χ0) is 18.7. The van der Waals surface area contributed by atoms with E-state index in [0.717, 1.165) is 37.4 Å². The van der Waals surface area contributed by atoms with Crippen LogP contribution in [0.2, 0.25) is 0 Å². The van der Waals surface area contributed by atoms with Gasteiger partial charge < -0.3 is 20.9 Å². The molecule has 1 fully saturated rings. The summed E-state index contributed by atoms with van der Waals surface area (Å²) in [5.74, 6) is 1.34. The van der Waals surface area contributed by atoms with Crippen LogP contribution < -0.4 is 16.0 Å². The first-order chi connectivity index (χ1) is 12.5. The second-order valence-electron chi connectivity index (χ2n) is 7.72. The van der Waals surface area contributed by atoms with Gasteiger partial charge in [0.2, 0.25) is 5.91 Å². The van der Waals surface area contributed by atoms with Crippen molar-refractivity contribution >= 4 is 17.3 Å². The lowest BCUT2D eigenvalue weighted by Crippen LogP contribution is -2.50. The van der Waals surface area contributed by atoms with Gasteiger partial charge in [-0.3, -0.25) is 4.79 Å². The highest BCUT2D eigenvalue weighted by atomic mass is 16.2. The number of likely N-dealkylation sites (tertiary alicyclic amines) is 1. The quantitative estimate of drug-likeness (QED) is 0.755. The van der Waals surface area contributed by atoms with Crippen molar-refractivity contribution in [1.29, 1.82) is 5.26 Å². The van der Waals surface area contributed by atoms with E-state index in [1.165, 1.54) is 0 Å². The third-order valence-electron chi connectivity index (χ3n) is 5.86. The highest BCUT2D eigenvalue weighted by molar-refractivity contribution is 5.77. The number of carbonyl (C=O) groups excluding carboxylic acids is 1. The molecule has 3 N–H and O–H groups in total. The van der Waals surface area contributed by atoms with Crippen LogP contribution in [0.4, 0.5) is 11.4 Å². The predicted octanol–water partition coefficient (Wildman–Crippen LogP) is 2.25. The average Bonchev–Trinajstić information content (AvgIpc) is 2.66. The maximum atomic E-state index is 11.7. The van der Waals surface area contributed by atoms with Crippen LogP contribution >= 0.6 is 0 Å². The van der Waals surface area contributed by atoms with Crippen LogP contribution in [0.3, 0.4) is 0 Å². The number of carbonyl (C=O) groups is 1. The van der Waals surface area contributed by atoms with E-state index in [1.807, 2.05) is 30.1 Å². The van der Waals surface area contributed by atoms with E-state index in [4.69, 9.17) is 0 Å². The van der Waals surface area contributed by atoms with Gasteiger partial charge in [0.15, 0.2) is 0 Å². The van der Waals surface area contributed by atoms with Crippen LogP contribution in [0.5, 0.6) is 0 Å². The van der Waals surface area contributed by atoms with Crippen LogP contribution in [0.1, 0.15) is 32.3 Å². The summed E-state index contributed by atoms with van der Waals surface area (Å²) in [6.45, 7) is 7.06. The van der Waals surface area contributed by atoms with E-state index in [1.54, 1.807) is 0 Å². The fourth-order valence-corrected chi connectivity index (χ4v) is 3.90. The Morgan fingerprint density at radius 2 is 2.23 bits per heavy atom. The van der Waals surface area contributed by atoms with Gasteiger partial charge in [0.05, 0.1) is 23.0 Å². The molecule has 0 aliphatic carbocycles. The minimum atomic E-state index is 0.222. The summed E-state index contributed by atoms with van der Waals surface area (Å²) in [6.07, 6.45) is 1.66. The number of para-hydroxylation sites is 1. The molecule has 0 spiro atoms. The third kappa shape index (κ3) is 3.94. The zero-order valence-electron chi connectivity index (χ0n) is 15.9. The fourth-order valence-electron chi connectivity index (χ4n) is 3.90. The molecular weight excluding hydrogens is 326 g/mol. The molecule has 2 unspecified atom stereocenters. The topological polar surface area (TPSA) is 80.2 Å². The summed E-state index contributed by atoms with van der Waals surface area (Å²) >= 11 is 0. The Balaban J connectivity index is 1.53. The maximum absolute atomic E-state index is 11.7. The number of fused-ring (bicyclic) bond motifs is 1. The smallest absolute Gasteiger partial charge is 0.222 e. The molecule has 0 aromatic heterocycles. The Morgan fingerprint density at radius 1 is 1.42 bits per heavy atom. The molecule has 1 amide bonds. The Hall–Kier alpha value is -2.26. The zero-order valence-corrected chi connectivity index (χ0v) is 15.9. The van der Waals surface area contributed by atoms with Gasteiger partial charge in [-0.1, -0.05) is 13.0 Å². The van der Waals surface area contributed by atoms with Gasteiger partial charge in [0.1, 0.15) is 6.07 Å². The molecule has 0 saturated carbocycles. The van der Waals surface area contributed by atoms with Crippen molar-refractivity contribution in [2.24, 2.45) is 11.8 Å². The first kappa shape index (κ1) is 18.5. The van der Waals surface area contributed by atoms with Gasteiger partial charge in [-0.05, 0) is 43.9 Å². The number of nitrogens with zero attached hydrogens (tertiary/aromatic N) is 2. The van der Waals surface area contributed by atoms with E-state index >= 15 is 0 Å². The number of nitrogens with one attached hydrogen (secondary N) is 3. The van der Waals surface area contributed by atoms with E-state index in [2.05, 4.69) is 35.9 Å². The molecule has 0 radical (unpaired) electrons. The molecule has 0 bridgehead atoms. The van der Waals surface area contributed by atoms with Crippen molar-refractivity contribution in [2.45, 2.75) is 38.8 Å². The summed E-state index contributed by atoms with van der Waals surface area (Å²) < 4.78 is 0. The molecule has 1 aromatic carbocycles. The number of rotatable bonds is 5. The molecule has 6 nitrogen and oxygen atoms in total. The fraction of sp³-hybridized carbons (Fsp3) is 0.600. The van der Waals surface area contributed by atoms with E-state index in [9.17, 15) is 10.1 Å². The summed E-state index contributed by atoms with van der Waals surface area (Å²) in [5, 5.41) is 19.9. The van der Waals surface area contributed by atoms with Crippen molar-refractivity contribution in [3.63, 3.8) is 0 Å². The molecular formula is C20H29N5O. The van der Waals surface area contributed by atoms with Crippen LogP contribution in [0, 0.1) is 23.2 Å². The van der Waals surface area contributed by atoms with Crippen molar-refractivity contribution in [3.8, 4) is 6.07 Å². The third-order valence-corrected chi connectivity index (χ3v) is 5.86. The number of hydrogen-bond acceptors (Lipinski definition) is 5. The molecule has 4 atom stereocenters. The van der Waals surface area contributed by atoms with E-state index in [-0.39, 0.29) is 18.0 Å². The summed E-state index contributed by atoms with van der Waals surface area (Å²) in [4.78, 5) is 13.5. The maximum Gasteiger partial charge on any atom is 0.222 e. The normalized spacial score (nSPS) is 24.7. The highest BCUT2D eigenvalue weighted by Gasteiger charge is 2.28. The minimum absolute atomic E-state index is 0.222. The standard InChI is InChI=1S/C20H29N5O/c1-13(16-7-8-19(26)25(3)12-16)10-22-14(2)18-11-23-17-6-4-5-15(9-21)20(17)24-18/h4-6,13-14,16,18,22-24H,7-8,10-12H2,1-3H3/t13?,14-,16?,18-/m1/s1. The molecule has 2 aliphatic rings. The molecule has 1 saturated heterocycles. The monoisotopic (exact) mass is 355 g/mol. The summed E-state index contributed by atoms with van der Waals surface area (Å²) in [7, 11) is 1.90. The molecule has 6 heteroatoms. The molecule has 3 rings (SSSR count). The Morgan fingerprint density at radius 3 is 2.96 bits per heavy atom. The second kappa shape index (κ2) is 7.96. The summed E-state index contributed by atoms with van der Waals surface area (Å²) in [5.41, 5.74) is 2.58. The average molecular weight is 355 g/mol. The first-order valence-corrected chi connectivity index (χ1v) is 9.50. The SMILES string of the molecule is CC(CN[C@H](C)[C@H]1CNc2cccc(C#N)c2N1)C1CCC(=O)N(C)C1. The van der Waals surface area contributed by atoms with Crippen molar-refractivity contribution in [1.82, 2.24) is 10.2 Å². The summed E-state index contributed by atoms with van der Waals surface area (Å²) in [6, 6.07) is 8.50. The van der Waals surface area contributed by atoms with Gasteiger partial charge in [-0.25, -0.2) is 0 Å². The number of piperidine rings is 1. The van der Waals surface area contributed by atoms with Crippen molar-refractivity contribution in [2.75, 3.05) is 37.3 Å². The number of nitriles is 1. The molecule has 1 aromatic rings. The largest absolute Gasteiger partial charge is 0.381 e. The number of benzene rings is 1. The first-order valence-electron chi connectivity index (χ1n) is 9.50. The van der Waals surface area contributed by atoms with Crippen LogP contribution in [-0.2, 0) is 4.79 Å². The Kier molecular flexibility index (Phi) is 5.67. The van der Waals surface area contributed by atoms with E-state index < -0.39 is 0 Å². The van der Waals surface area contributed by atoms with Gasteiger partial charge in [0.25, 0.3) is 0 Å². The van der Waals surface area contributed by atoms with Gasteiger partial charge in [0, 0.05) is 32.6 Å². The lowest BCUT2D eigenvalue weighted by molar-refractivity contribution is -0.133. The minimum Gasteiger partial charge on any atom is -0.381 e. The van der Waals surface area contributed by atoms with Gasteiger partial charge in [-0.2, -0.15) is 5.26 Å². The number of amides is 1. The number of anilines is 2. The van der Waals surface area contributed by atoms with Crippen LogP contribution in [0.15, 0.2) is 18.2 Å². The van der Waals surface area contributed by atoms with Crippen molar-refractivity contribution in [3.05, 3.63) is 23.8 Å². The number of hydrogen-bond donors (Lipinski definition) is 3. The second-order valence-corrected chi connectivity index (χ2v) is 7.72. The Bertz CT molecular complexity index is 698. The van der Waals surface area contributed by atoms with Gasteiger partial charge >= 0.3 is 0 Å².